The van der Waals surface area contributed by atoms with Gasteiger partial charge in [0.1, 0.15) is 11.2 Å². The van der Waals surface area contributed by atoms with Gasteiger partial charge in [-0.15, -0.1) is 0 Å². The molecule has 2 heterocycles. The maximum Gasteiger partial charge on any atom is 0.307 e. The molecule has 4 aromatic carbocycles. The van der Waals surface area contributed by atoms with Crippen molar-refractivity contribution in [3.8, 4) is 0 Å². The average molecular weight is 533 g/mol. The van der Waals surface area contributed by atoms with Crippen LogP contribution in [0.1, 0.15) is 71.9 Å². The number of ether oxygens (including phenoxy) is 2. The third kappa shape index (κ3) is 5.44. The van der Waals surface area contributed by atoms with Crippen LogP contribution >= 0.6 is 0 Å². The largest absolute Gasteiger partial charge is 0.454 e. The van der Waals surface area contributed by atoms with Crippen molar-refractivity contribution in [2.75, 3.05) is 0 Å². The van der Waals surface area contributed by atoms with Gasteiger partial charge >= 0.3 is 11.9 Å². The second-order valence-electron chi connectivity index (χ2n) is 11.2. The minimum Gasteiger partial charge on any atom is -0.454 e. The van der Waals surface area contributed by atoms with Crippen LogP contribution in [0.25, 0.3) is 0 Å². The molecule has 0 aliphatic carbocycles. The highest BCUT2D eigenvalue weighted by Gasteiger charge is 2.48. The average Bonchev–Trinajstić information content (AvgIpc) is 3.45. The summed E-state index contributed by atoms with van der Waals surface area (Å²) in [6, 6.07) is 36.8. The van der Waals surface area contributed by atoms with E-state index in [0.29, 0.717) is 12.8 Å². The highest BCUT2D eigenvalue weighted by molar-refractivity contribution is 5.75. The molecule has 0 radical (unpaired) electrons. The topological polar surface area (TPSA) is 52.6 Å². The molecular formula is C36H36O4. The number of carbonyl (C=O) groups is 2. The number of aryl methyl sites for hydroxylation is 2. The van der Waals surface area contributed by atoms with Gasteiger partial charge < -0.3 is 9.47 Å². The fourth-order valence-electron chi connectivity index (χ4n) is 5.95. The van der Waals surface area contributed by atoms with E-state index < -0.39 is 11.2 Å². The molecule has 204 valence electrons. The fraction of sp³-hybridized carbons (Fsp3) is 0.278. The molecule has 4 aromatic rings. The fourth-order valence-corrected chi connectivity index (χ4v) is 5.95. The maximum absolute atomic E-state index is 11.9. The van der Waals surface area contributed by atoms with Crippen LogP contribution in [0.3, 0.4) is 0 Å². The molecule has 0 aromatic heterocycles. The standard InChI is InChI=1S/2C18H18O2/c2*1-13-8-10-15(11-9-13)18(2)16(12-17(19)20-18)14-6-4-3-5-7-14/h2*3-11,16H,12H2,1-2H3/t16-,18+;16-,18-/m00/s1. The first-order valence-electron chi connectivity index (χ1n) is 13.9. The smallest absolute Gasteiger partial charge is 0.307 e. The summed E-state index contributed by atoms with van der Waals surface area (Å²) in [7, 11) is 0. The lowest BCUT2D eigenvalue weighted by Crippen LogP contribution is -2.27. The van der Waals surface area contributed by atoms with Gasteiger partial charge in [0, 0.05) is 11.8 Å². The molecule has 4 nitrogen and oxygen atoms in total. The summed E-state index contributed by atoms with van der Waals surface area (Å²) < 4.78 is 11.4. The summed E-state index contributed by atoms with van der Waals surface area (Å²) in [5.74, 6) is -0.110. The Hall–Kier alpha value is -4.18. The number of rotatable bonds is 4. The molecule has 4 heteroatoms. The monoisotopic (exact) mass is 532 g/mol. The number of hydrogen-bond acceptors (Lipinski definition) is 4. The molecule has 4 atom stereocenters. The van der Waals surface area contributed by atoms with Crippen LogP contribution in [0.15, 0.2) is 109 Å². The predicted molar refractivity (Wildman–Crippen MR) is 157 cm³/mol. The second kappa shape index (κ2) is 11.1. The highest BCUT2D eigenvalue weighted by atomic mass is 16.6. The molecule has 0 amide bonds. The van der Waals surface area contributed by atoms with E-state index in [0.717, 1.165) is 22.3 Å². The van der Waals surface area contributed by atoms with Crippen molar-refractivity contribution in [2.24, 2.45) is 0 Å². The molecule has 2 fully saturated rings. The van der Waals surface area contributed by atoms with Crippen LogP contribution in [0.4, 0.5) is 0 Å². The van der Waals surface area contributed by atoms with E-state index in [-0.39, 0.29) is 23.8 Å². The first-order valence-corrected chi connectivity index (χ1v) is 13.9. The number of hydrogen-bond donors (Lipinski definition) is 0. The zero-order chi connectivity index (χ0) is 28.3. The van der Waals surface area contributed by atoms with Gasteiger partial charge in [-0.05, 0) is 49.9 Å². The lowest BCUT2D eigenvalue weighted by molar-refractivity contribution is -0.149. The zero-order valence-electron chi connectivity index (χ0n) is 23.6. The van der Waals surface area contributed by atoms with Gasteiger partial charge in [-0.2, -0.15) is 0 Å². The minimum atomic E-state index is -0.577. The van der Waals surface area contributed by atoms with E-state index in [4.69, 9.17) is 9.47 Å². The van der Waals surface area contributed by atoms with Crippen molar-refractivity contribution in [1.29, 1.82) is 0 Å². The van der Waals surface area contributed by atoms with Crippen molar-refractivity contribution in [2.45, 2.75) is 63.6 Å². The molecular weight excluding hydrogens is 496 g/mol. The van der Waals surface area contributed by atoms with Crippen molar-refractivity contribution in [3.05, 3.63) is 143 Å². The third-order valence-electron chi connectivity index (χ3n) is 8.38. The van der Waals surface area contributed by atoms with E-state index >= 15 is 0 Å². The Morgan fingerprint density at radius 2 is 0.850 bits per heavy atom. The summed E-state index contributed by atoms with van der Waals surface area (Å²) in [5.41, 5.74) is 5.68. The SMILES string of the molecule is Cc1ccc([C@@]2(C)OC(=O)C[C@H]2c2ccccc2)cc1.Cc1ccc([C@]2(C)OC(=O)C[C@H]2c2ccccc2)cc1. The van der Waals surface area contributed by atoms with E-state index in [1.54, 1.807) is 0 Å². The van der Waals surface area contributed by atoms with Gasteiger partial charge in [0.25, 0.3) is 0 Å². The molecule has 0 saturated carbocycles. The lowest BCUT2D eigenvalue weighted by Gasteiger charge is -2.30. The first-order chi connectivity index (χ1) is 19.2. The summed E-state index contributed by atoms with van der Waals surface area (Å²) in [6.45, 7) is 8.14. The Balaban J connectivity index is 0.000000161. The van der Waals surface area contributed by atoms with E-state index in [1.807, 2.05) is 50.2 Å². The van der Waals surface area contributed by atoms with Gasteiger partial charge in [-0.25, -0.2) is 0 Å². The minimum absolute atomic E-state index is 0.0684. The van der Waals surface area contributed by atoms with Gasteiger partial charge in [0.2, 0.25) is 0 Å². The number of benzene rings is 4. The van der Waals surface area contributed by atoms with E-state index in [9.17, 15) is 9.59 Å². The molecule has 2 aliphatic rings. The summed E-state index contributed by atoms with van der Waals surface area (Å²) in [4.78, 5) is 23.7. The van der Waals surface area contributed by atoms with Crippen molar-refractivity contribution >= 4 is 11.9 Å². The Morgan fingerprint density at radius 1 is 0.525 bits per heavy atom. The molecule has 6 rings (SSSR count). The Bertz CT molecular complexity index is 1350. The summed E-state index contributed by atoms with van der Waals surface area (Å²) >= 11 is 0. The van der Waals surface area contributed by atoms with Gasteiger partial charge in [0.05, 0.1) is 12.8 Å². The number of cyclic esters (lactones) is 2. The van der Waals surface area contributed by atoms with Crippen LogP contribution in [-0.4, -0.2) is 11.9 Å². The molecule has 2 aliphatic heterocycles. The number of esters is 2. The normalized spacial score (nSPS) is 25.5. The first kappa shape index (κ1) is 27.4. The lowest BCUT2D eigenvalue weighted by atomic mass is 9.78. The van der Waals surface area contributed by atoms with Crippen molar-refractivity contribution in [1.82, 2.24) is 0 Å². The van der Waals surface area contributed by atoms with Crippen LogP contribution in [0.2, 0.25) is 0 Å². The number of carbonyl (C=O) groups excluding carboxylic acids is 2. The van der Waals surface area contributed by atoms with Crippen LogP contribution < -0.4 is 0 Å². The molecule has 0 spiro atoms. The van der Waals surface area contributed by atoms with E-state index in [2.05, 4.69) is 86.6 Å². The van der Waals surface area contributed by atoms with Crippen LogP contribution in [0, 0.1) is 13.8 Å². The highest BCUT2D eigenvalue weighted by Crippen LogP contribution is 2.48. The quantitative estimate of drug-likeness (QED) is 0.251. The Morgan fingerprint density at radius 3 is 1.18 bits per heavy atom. The molecule has 0 N–H and O–H groups in total. The van der Waals surface area contributed by atoms with Gasteiger partial charge in [0.15, 0.2) is 0 Å². The zero-order valence-corrected chi connectivity index (χ0v) is 23.6. The van der Waals surface area contributed by atoms with Crippen molar-refractivity contribution < 1.29 is 19.1 Å². The Kier molecular flexibility index (Phi) is 7.62. The van der Waals surface area contributed by atoms with Gasteiger partial charge in [-0.3, -0.25) is 9.59 Å². The molecule has 0 unspecified atom stereocenters. The summed E-state index contributed by atoms with van der Waals surface area (Å²) in [5, 5.41) is 0. The van der Waals surface area contributed by atoms with Crippen molar-refractivity contribution in [3.63, 3.8) is 0 Å². The molecule has 0 bridgehead atoms. The molecule has 40 heavy (non-hydrogen) atoms. The maximum atomic E-state index is 11.9. The van der Waals surface area contributed by atoms with Crippen LogP contribution in [-0.2, 0) is 30.3 Å². The second-order valence-corrected chi connectivity index (χ2v) is 11.2. The van der Waals surface area contributed by atoms with Crippen LogP contribution in [0.5, 0.6) is 0 Å². The van der Waals surface area contributed by atoms with Gasteiger partial charge in [-0.1, -0.05) is 120 Å². The summed E-state index contributed by atoms with van der Waals surface area (Å²) in [6.07, 6.45) is 0.878. The third-order valence-corrected chi connectivity index (χ3v) is 8.38. The van der Waals surface area contributed by atoms with E-state index in [1.165, 1.54) is 11.1 Å². The Labute approximate surface area is 237 Å². The molecule has 2 saturated heterocycles. The predicted octanol–water partition coefficient (Wildman–Crippen LogP) is 7.88.